The van der Waals surface area contributed by atoms with Crippen molar-refractivity contribution in [2.45, 2.75) is 33.2 Å². The topological polar surface area (TPSA) is 41.6 Å². The van der Waals surface area contributed by atoms with Crippen LogP contribution in [-0.2, 0) is 19.4 Å². The van der Waals surface area contributed by atoms with Gasteiger partial charge in [-0.1, -0.05) is 35.0 Å². The van der Waals surface area contributed by atoms with E-state index >= 15 is 0 Å². The molecule has 27 heavy (non-hydrogen) atoms. The lowest BCUT2D eigenvalue weighted by Gasteiger charge is -2.27. The Morgan fingerprint density at radius 1 is 1.30 bits per heavy atom. The first kappa shape index (κ1) is 21.7. The van der Waals surface area contributed by atoms with E-state index in [0.717, 1.165) is 41.7 Å². The first-order valence-corrected chi connectivity index (χ1v) is 9.88. The number of benzene rings is 2. The van der Waals surface area contributed by atoms with Gasteiger partial charge < -0.3 is 15.0 Å². The SMILES string of the molecule is CCOc1cc(CC)c(Br)cc1C(=O)Nc1cccc2c1CCN(C)C2.Cl. The van der Waals surface area contributed by atoms with Crippen LogP contribution >= 0.6 is 28.3 Å². The Balaban J connectivity index is 0.00000261. The normalized spacial score (nSPS) is 13.5. The van der Waals surface area contributed by atoms with E-state index in [1.54, 1.807) is 0 Å². The summed E-state index contributed by atoms with van der Waals surface area (Å²) in [6.45, 7) is 6.46. The highest BCUT2D eigenvalue weighted by atomic mass is 79.9. The predicted octanol–water partition coefficient (Wildman–Crippen LogP) is 5.07. The second kappa shape index (κ2) is 9.58. The smallest absolute Gasteiger partial charge is 0.259 e. The number of amides is 1. The van der Waals surface area contributed by atoms with Gasteiger partial charge in [-0.3, -0.25) is 4.79 Å². The summed E-state index contributed by atoms with van der Waals surface area (Å²) in [6, 6.07) is 9.95. The zero-order valence-corrected chi connectivity index (χ0v) is 18.4. The zero-order valence-electron chi connectivity index (χ0n) is 16.0. The van der Waals surface area contributed by atoms with Crippen molar-refractivity contribution in [1.29, 1.82) is 0 Å². The fraction of sp³-hybridized carbons (Fsp3) is 0.381. The maximum absolute atomic E-state index is 13.0. The molecule has 0 radical (unpaired) electrons. The van der Waals surface area contributed by atoms with Crippen molar-refractivity contribution in [3.05, 3.63) is 57.1 Å². The number of rotatable bonds is 5. The molecule has 0 aromatic heterocycles. The minimum absolute atomic E-state index is 0. The molecule has 0 saturated heterocycles. The Labute approximate surface area is 175 Å². The third kappa shape index (κ3) is 4.84. The van der Waals surface area contributed by atoms with Crippen molar-refractivity contribution in [2.24, 2.45) is 0 Å². The molecule has 0 spiro atoms. The number of nitrogens with zero attached hydrogens (tertiary/aromatic N) is 1. The highest BCUT2D eigenvalue weighted by Gasteiger charge is 2.20. The van der Waals surface area contributed by atoms with Crippen LogP contribution in [-0.4, -0.2) is 31.0 Å². The average Bonchev–Trinajstić information content (AvgIpc) is 2.62. The lowest BCUT2D eigenvalue weighted by molar-refractivity contribution is 0.102. The van der Waals surface area contributed by atoms with Crippen LogP contribution in [0.4, 0.5) is 5.69 Å². The quantitative estimate of drug-likeness (QED) is 0.687. The summed E-state index contributed by atoms with van der Waals surface area (Å²) in [7, 11) is 2.12. The number of halogens is 2. The van der Waals surface area contributed by atoms with Crippen molar-refractivity contribution in [3.63, 3.8) is 0 Å². The number of fused-ring (bicyclic) bond motifs is 1. The fourth-order valence-corrected chi connectivity index (χ4v) is 4.00. The van der Waals surface area contributed by atoms with E-state index in [9.17, 15) is 4.79 Å². The molecule has 1 heterocycles. The average molecular weight is 454 g/mol. The predicted molar refractivity (Wildman–Crippen MR) is 116 cm³/mol. The van der Waals surface area contributed by atoms with Gasteiger partial charge in [-0.2, -0.15) is 0 Å². The van der Waals surface area contributed by atoms with Gasteiger partial charge in [0.15, 0.2) is 0 Å². The van der Waals surface area contributed by atoms with Crippen LogP contribution in [0.25, 0.3) is 0 Å². The van der Waals surface area contributed by atoms with Crippen LogP contribution in [0.2, 0.25) is 0 Å². The largest absolute Gasteiger partial charge is 0.493 e. The molecule has 1 aliphatic rings. The molecule has 2 aromatic carbocycles. The van der Waals surface area contributed by atoms with Gasteiger partial charge in [0, 0.05) is 23.2 Å². The van der Waals surface area contributed by atoms with Crippen molar-refractivity contribution >= 4 is 39.9 Å². The Kier molecular flexibility index (Phi) is 7.71. The molecule has 0 atom stereocenters. The maximum Gasteiger partial charge on any atom is 0.259 e. The fourth-order valence-electron chi connectivity index (χ4n) is 3.38. The first-order valence-electron chi connectivity index (χ1n) is 9.09. The van der Waals surface area contributed by atoms with E-state index in [4.69, 9.17) is 4.74 Å². The van der Waals surface area contributed by atoms with Gasteiger partial charge >= 0.3 is 0 Å². The van der Waals surface area contributed by atoms with E-state index in [1.165, 1.54) is 11.1 Å². The van der Waals surface area contributed by atoms with Crippen molar-refractivity contribution in [2.75, 3.05) is 25.5 Å². The van der Waals surface area contributed by atoms with E-state index < -0.39 is 0 Å². The molecule has 0 fully saturated rings. The minimum atomic E-state index is -0.135. The van der Waals surface area contributed by atoms with Gasteiger partial charge in [0.2, 0.25) is 0 Å². The highest BCUT2D eigenvalue weighted by Crippen LogP contribution is 2.30. The molecule has 3 rings (SSSR count). The molecule has 0 unspecified atom stereocenters. The van der Waals surface area contributed by atoms with E-state index in [-0.39, 0.29) is 18.3 Å². The molecule has 0 saturated carbocycles. The lowest BCUT2D eigenvalue weighted by atomic mass is 9.98. The summed E-state index contributed by atoms with van der Waals surface area (Å²) in [4.78, 5) is 15.3. The standard InChI is InChI=1S/C21H25BrN2O2.ClH/c1-4-14-11-20(26-5-2)17(12-18(14)22)21(25)23-19-8-6-7-15-13-24(3)10-9-16(15)19;/h6-8,11-12H,4-5,9-10,13H2,1-3H3,(H,23,25);1H. The minimum Gasteiger partial charge on any atom is -0.493 e. The molecular formula is C21H26BrClN2O2. The Morgan fingerprint density at radius 3 is 2.78 bits per heavy atom. The number of anilines is 1. The summed E-state index contributed by atoms with van der Waals surface area (Å²) in [6.07, 6.45) is 1.82. The van der Waals surface area contributed by atoms with Crippen LogP contribution in [0, 0.1) is 0 Å². The highest BCUT2D eigenvalue weighted by molar-refractivity contribution is 9.10. The number of hydrogen-bond donors (Lipinski definition) is 1. The second-order valence-electron chi connectivity index (χ2n) is 6.61. The van der Waals surface area contributed by atoms with E-state index in [1.807, 2.05) is 31.2 Å². The Hall–Kier alpha value is -1.56. The Morgan fingerprint density at radius 2 is 2.07 bits per heavy atom. The Bertz CT molecular complexity index is 826. The van der Waals surface area contributed by atoms with E-state index in [0.29, 0.717) is 17.9 Å². The number of nitrogens with one attached hydrogen (secondary N) is 1. The summed E-state index contributed by atoms with van der Waals surface area (Å²) in [5.41, 5.74) is 5.11. The zero-order chi connectivity index (χ0) is 18.7. The summed E-state index contributed by atoms with van der Waals surface area (Å²) >= 11 is 3.57. The monoisotopic (exact) mass is 452 g/mol. The summed E-state index contributed by atoms with van der Waals surface area (Å²) in [5.74, 6) is 0.499. The molecule has 2 aromatic rings. The van der Waals surface area contributed by atoms with Crippen molar-refractivity contribution in [3.8, 4) is 5.75 Å². The molecule has 6 heteroatoms. The van der Waals surface area contributed by atoms with Gasteiger partial charge in [0.25, 0.3) is 5.91 Å². The maximum atomic E-state index is 13.0. The molecule has 0 aliphatic carbocycles. The molecule has 1 N–H and O–H groups in total. The third-order valence-electron chi connectivity index (χ3n) is 4.78. The van der Waals surface area contributed by atoms with Crippen molar-refractivity contribution < 1.29 is 9.53 Å². The van der Waals surface area contributed by atoms with Crippen LogP contribution in [0.15, 0.2) is 34.8 Å². The van der Waals surface area contributed by atoms with Crippen LogP contribution in [0.1, 0.15) is 40.9 Å². The molecule has 4 nitrogen and oxygen atoms in total. The van der Waals surface area contributed by atoms with Gasteiger partial charge in [-0.25, -0.2) is 0 Å². The summed E-state index contributed by atoms with van der Waals surface area (Å²) in [5, 5.41) is 3.11. The third-order valence-corrected chi connectivity index (χ3v) is 5.52. The molecule has 146 valence electrons. The van der Waals surface area contributed by atoms with Gasteiger partial charge in [-0.05, 0) is 61.7 Å². The molecule has 1 amide bonds. The molecular weight excluding hydrogens is 428 g/mol. The van der Waals surface area contributed by atoms with E-state index in [2.05, 4.69) is 46.2 Å². The second-order valence-corrected chi connectivity index (χ2v) is 7.47. The number of aryl methyl sites for hydroxylation is 1. The number of likely N-dealkylation sites (N-methyl/N-ethyl adjacent to an activating group) is 1. The lowest BCUT2D eigenvalue weighted by Crippen LogP contribution is -2.27. The van der Waals surface area contributed by atoms with Crippen LogP contribution in [0.3, 0.4) is 0 Å². The molecule has 1 aliphatic heterocycles. The van der Waals surface area contributed by atoms with Crippen LogP contribution < -0.4 is 10.1 Å². The van der Waals surface area contributed by atoms with Gasteiger partial charge in [0.1, 0.15) is 5.75 Å². The number of carbonyl (C=O) groups excluding carboxylic acids is 1. The number of ether oxygens (including phenoxy) is 1. The summed E-state index contributed by atoms with van der Waals surface area (Å²) < 4.78 is 6.67. The number of carbonyl (C=O) groups is 1. The van der Waals surface area contributed by atoms with Gasteiger partial charge in [-0.15, -0.1) is 12.4 Å². The van der Waals surface area contributed by atoms with Crippen LogP contribution in [0.5, 0.6) is 5.75 Å². The number of hydrogen-bond acceptors (Lipinski definition) is 3. The first-order chi connectivity index (χ1) is 12.5. The van der Waals surface area contributed by atoms with Crippen molar-refractivity contribution in [1.82, 2.24) is 4.90 Å². The molecule has 0 bridgehead atoms. The van der Waals surface area contributed by atoms with Gasteiger partial charge in [0.05, 0.1) is 12.2 Å².